The van der Waals surface area contributed by atoms with E-state index in [0.29, 0.717) is 13.2 Å². The van der Waals surface area contributed by atoms with Crippen molar-refractivity contribution in [1.82, 2.24) is 0 Å². The van der Waals surface area contributed by atoms with Crippen LogP contribution in [0.25, 0.3) is 0 Å². The Hall–Kier alpha value is -1.51. The molecule has 3 heteroatoms. The van der Waals surface area contributed by atoms with Crippen LogP contribution in [-0.2, 0) is 6.42 Å². The highest BCUT2D eigenvalue weighted by molar-refractivity contribution is 6.03. The predicted molar refractivity (Wildman–Crippen MR) is 74.2 cm³/mol. The summed E-state index contributed by atoms with van der Waals surface area (Å²) < 4.78 is 11.3. The number of nitrogens with zero attached hydrogens (tertiary/aromatic N) is 1. The third-order valence-corrected chi connectivity index (χ3v) is 3.10. The van der Waals surface area contributed by atoms with Crippen molar-refractivity contribution in [3.05, 3.63) is 23.3 Å². The summed E-state index contributed by atoms with van der Waals surface area (Å²) in [5.41, 5.74) is 3.74. The quantitative estimate of drug-likeness (QED) is 0.799. The van der Waals surface area contributed by atoms with Gasteiger partial charge in [0, 0.05) is 17.8 Å². The van der Waals surface area contributed by atoms with E-state index in [0.717, 1.165) is 30.9 Å². The van der Waals surface area contributed by atoms with Crippen LogP contribution in [0.3, 0.4) is 0 Å². The van der Waals surface area contributed by atoms with E-state index in [9.17, 15) is 0 Å². The molecule has 1 aliphatic heterocycles. The molecule has 2 rings (SSSR count). The SMILES string of the molecule is CCOc1cc2c(cc1OCC)C(CC)=NCC2. The van der Waals surface area contributed by atoms with Gasteiger partial charge in [0.1, 0.15) is 0 Å². The lowest BCUT2D eigenvalue weighted by molar-refractivity contribution is 0.287. The molecule has 0 aliphatic carbocycles. The molecule has 1 aliphatic rings. The second kappa shape index (κ2) is 5.89. The molecule has 1 heterocycles. The van der Waals surface area contributed by atoms with Gasteiger partial charge in [-0.2, -0.15) is 0 Å². The lowest BCUT2D eigenvalue weighted by atomic mass is 9.95. The molecule has 0 amide bonds. The van der Waals surface area contributed by atoms with Crippen LogP contribution in [0.4, 0.5) is 0 Å². The highest BCUT2D eigenvalue weighted by Crippen LogP contribution is 2.33. The van der Waals surface area contributed by atoms with E-state index < -0.39 is 0 Å². The first-order valence-electron chi connectivity index (χ1n) is 6.76. The molecule has 3 nitrogen and oxygen atoms in total. The average molecular weight is 247 g/mol. The summed E-state index contributed by atoms with van der Waals surface area (Å²) in [6.07, 6.45) is 1.96. The molecular formula is C15H21NO2. The van der Waals surface area contributed by atoms with Crippen LogP contribution in [-0.4, -0.2) is 25.5 Å². The van der Waals surface area contributed by atoms with Gasteiger partial charge in [-0.05, 0) is 44.4 Å². The lowest BCUT2D eigenvalue weighted by Gasteiger charge is -2.20. The molecule has 0 radical (unpaired) electrons. The van der Waals surface area contributed by atoms with Crippen LogP contribution in [0.1, 0.15) is 38.3 Å². The minimum atomic E-state index is 0.650. The van der Waals surface area contributed by atoms with Gasteiger partial charge in [-0.25, -0.2) is 0 Å². The van der Waals surface area contributed by atoms with Crippen LogP contribution < -0.4 is 9.47 Å². The van der Waals surface area contributed by atoms with Gasteiger partial charge in [0.05, 0.1) is 13.2 Å². The Labute approximate surface area is 109 Å². The maximum absolute atomic E-state index is 5.67. The molecule has 98 valence electrons. The number of rotatable bonds is 5. The van der Waals surface area contributed by atoms with Gasteiger partial charge in [0.25, 0.3) is 0 Å². The summed E-state index contributed by atoms with van der Waals surface area (Å²) in [5.74, 6) is 1.69. The van der Waals surface area contributed by atoms with Crippen LogP contribution in [0, 0.1) is 0 Å². The van der Waals surface area contributed by atoms with Crippen LogP contribution in [0.2, 0.25) is 0 Å². The zero-order valence-electron chi connectivity index (χ0n) is 11.5. The third-order valence-electron chi connectivity index (χ3n) is 3.10. The Bertz CT molecular complexity index is 452. The van der Waals surface area contributed by atoms with Gasteiger partial charge in [-0.1, -0.05) is 6.92 Å². The molecule has 0 bridgehead atoms. The summed E-state index contributed by atoms with van der Waals surface area (Å²) in [4.78, 5) is 4.59. The fourth-order valence-electron chi connectivity index (χ4n) is 2.31. The number of hydrogen-bond acceptors (Lipinski definition) is 3. The summed E-state index contributed by atoms with van der Waals surface area (Å²) in [7, 11) is 0. The first kappa shape index (κ1) is 12.9. The maximum Gasteiger partial charge on any atom is 0.161 e. The number of aliphatic imine (C=N–C) groups is 1. The van der Waals surface area contributed by atoms with Crippen LogP contribution in [0.5, 0.6) is 11.5 Å². The van der Waals surface area contributed by atoms with Crippen molar-refractivity contribution in [2.75, 3.05) is 19.8 Å². The number of benzene rings is 1. The van der Waals surface area contributed by atoms with Crippen molar-refractivity contribution < 1.29 is 9.47 Å². The Balaban J connectivity index is 2.44. The Kier molecular flexibility index (Phi) is 4.24. The Morgan fingerprint density at radius 3 is 2.33 bits per heavy atom. The predicted octanol–water partition coefficient (Wildman–Crippen LogP) is 3.24. The second-order valence-corrected chi connectivity index (χ2v) is 4.25. The maximum atomic E-state index is 5.67. The van der Waals surface area contributed by atoms with Gasteiger partial charge in [0.2, 0.25) is 0 Å². The summed E-state index contributed by atoms with van der Waals surface area (Å²) in [6.45, 7) is 8.32. The van der Waals surface area contributed by atoms with Crippen LogP contribution >= 0.6 is 0 Å². The van der Waals surface area contributed by atoms with E-state index >= 15 is 0 Å². The molecule has 0 fully saturated rings. The molecule has 1 aromatic rings. The van der Waals surface area contributed by atoms with Gasteiger partial charge < -0.3 is 9.47 Å². The fraction of sp³-hybridized carbons (Fsp3) is 0.533. The highest BCUT2D eigenvalue weighted by Gasteiger charge is 2.17. The molecule has 0 N–H and O–H groups in total. The van der Waals surface area contributed by atoms with E-state index in [2.05, 4.69) is 24.0 Å². The molecule has 18 heavy (non-hydrogen) atoms. The standard InChI is InChI=1S/C15H21NO2/c1-4-13-12-10-15(18-6-3)14(17-5-2)9-11(12)7-8-16-13/h9-10H,4-8H2,1-3H3. The Morgan fingerprint density at radius 1 is 1.06 bits per heavy atom. The molecule has 0 saturated carbocycles. The average Bonchev–Trinajstić information content (AvgIpc) is 2.39. The minimum absolute atomic E-state index is 0.650. The van der Waals surface area contributed by atoms with Gasteiger partial charge in [-0.3, -0.25) is 4.99 Å². The summed E-state index contributed by atoms with van der Waals surface area (Å²) in [6, 6.07) is 4.21. The van der Waals surface area contributed by atoms with Gasteiger partial charge in [0.15, 0.2) is 11.5 Å². The van der Waals surface area contributed by atoms with Crippen molar-refractivity contribution in [1.29, 1.82) is 0 Å². The summed E-state index contributed by atoms with van der Waals surface area (Å²) >= 11 is 0. The third kappa shape index (κ3) is 2.50. The smallest absolute Gasteiger partial charge is 0.161 e. The van der Waals surface area contributed by atoms with Crippen molar-refractivity contribution >= 4 is 5.71 Å². The summed E-state index contributed by atoms with van der Waals surface area (Å²) in [5, 5.41) is 0. The van der Waals surface area contributed by atoms with E-state index in [1.165, 1.54) is 16.8 Å². The van der Waals surface area contributed by atoms with Crippen molar-refractivity contribution in [2.45, 2.75) is 33.6 Å². The zero-order chi connectivity index (χ0) is 13.0. The first-order chi connectivity index (χ1) is 8.80. The number of hydrogen-bond donors (Lipinski definition) is 0. The normalized spacial score (nSPS) is 13.8. The second-order valence-electron chi connectivity index (χ2n) is 4.25. The Morgan fingerprint density at radius 2 is 1.72 bits per heavy atom. The number of fused-ring (bicyclic) bond motifs is 1. The molecule has 0 unspecified atom stereocenters. The van der Waals surface area contributed by atoms with E-state index in [4.69, 9.17) is 9.47 Å². The molecule has 0 saturated heterocycles. The largest absolute Gasteiger partial charge is 0.490 e. The molecule has 0 atom stereocenters. The first-order valence-corrected chi connectivity index (χ1v) is 6.76. The molecular weight excluding hydrogens is 226 g/mol. The van der Waals surface area contributed by atoms with E-state index in [1.807, 2.05) is 13.8 Å². The van der Waals surface area contributed by atoms with Crippen molar-refractivity contribution in [3.8, 4) is 11.5 Å². The van der Waals surface area contributed by atoms with Gasteiger partial charge >= 0.3 is 0 Å². The van der Waals surface area contributed by atoms with Crippen molar-refractivity contribution in [2.24, 2.45) is 4.99 Å². The molecule has 0 spiro atoms. The zero-order valence-corrected chi connectivity index (χ0v) is 11.5. The minimum Gasteiger partial charge on any atom is -0.490 e. The topological polar surface area (TPSA) is 30.8 Å². The van der Waals surface area contributed by atoms with Gasteiger partial charge in [-0.15, -0.1) is 0 Å². The molecule has 0 aromatic heterocycles. The highest BCUT2D eigenvalue weighted by atomic mass is 16.5. The monoisotopic (exact) mass is 247 g/mol. The van der Waals surface area contributed by atoms with Crippen LogP contribution in [0.15, 0.2) is 17.1 Å². The number of ether oxygens (including phenoxy) is 2. The van der Waals surface area contributed by atoms with E-state index in [-0.39, 0.29) is 0 Å². The molecule has 1 aromatic carbocycles. The lowest BCUT2D eigenvalue weighted by Crippen LogP contribution is -2.13. The van der Waals surface area contributed by atoms with Crippen molar-refractivity contribution in [3.63, 3.8) is 0 Å². The fourth-order valence-corrected chi connectivity index (χ4v) is 2.31. The van der Waals surface area contributed by atoms with E-state index in [1.54, 1.807) is 0 Å².